The van der Waals surface area contributed by atoms with Crippen molar-refractivity contribution in [3.8, 4) is 0 Å². The zero-order valence-electron chi connectivity index (χ0n) is 16.8. The van der Waals surface area contributed by atoms with Crippen LogP contribution in [-0.4, -0.2) is 28.8 Å². The summed E-state index contributed by atoms with van der Waals surface area (Å²) in [7, 11) is 0. The van der Waals surface area contributed by atoms with Gasteiger partial charge in [-0.15, -0.1) is 0 Å². The van der Waals surface area contributed by atoms with Crippen molar-refractivity contribution in [2.45, 2.75) is 58.7 Å². The van der Waals surface area contributed by atoms with Gasteiger partial charge in [0.25, 0.3) is 0 Å². The van der Waals surface area contributed by atoms with Gasteiger partial charge in [0.05, 0.1) is 6.42 Å². The van der Waals surface area contributed by atoms with E-state index in [1.807, 2.05) is 63.2 Å². The maximum Gasteiger partial charge on any atom is 0.243 e. The normalized spacial score (nSPS) is 12.9. The standard InChI is InChI=1S/C23H29ClN2O2/c1-4-17(3)25-23(28)21(5-2)26(16-19-11-13-20(24)14-12-19)22(27)15-18-9-7-6-8-10-18/h6-14,17,21H,4-5,15-16H2,1-3H3,(H,25,28)/t17-,21-/m0/s1. The summed E-state index contributed by atoms with van der Waals surface area (Å²) in [5.41, 5.74) is 1.88. The Bertz CT molecular complexity index is 762. The molecule has 2 amide bonds. The van der Waals surface area contributed by atoms with Crippen LogP contribution in [0, 0.1) is 0 Å². The number of nitrogens with one attached hydrogen (secondary N) is 1. The molecule has 1 N–H and O–H groups in total. The van der Waals surface area contributed by atoms with E-state index >= 15 is 0 Å². The predicted molar refractivity (Wildman–Crippen MR) is 114 cm³/mol. The first-order valence-electron chi connectivity index (χ1n) is 9.82. The molecule has 0 heterocycles. The van der Waals surface area contributed by atoms with E-state index in [1.54, 1.807) is 17.0 Å². The van der Waals surface area contributed by atoms with Crippen LogP contribution in [0.1, 0.15) is 44.7 Å². The van der Waals surface area contributed by atoms with Gasteiger partial charge in [-0.25, -0.2) is 0 Å². The van der Waals surface area contributed by atoms with E-state index in [0.29, 0.717) is 18.0 Å². The third-order valence-electron chi connectivity index (χ3n) is 4.85. The van der Waals surface area contributed by atoms with Crippen molar-refractivity contribution < 1.29 is 9.59 Å². The van der Waals surface area contributed by atoms with Crippen LogP contribution in [0.15, 0.2) is 54.6 Å². The Morgan fingerprint density at radius 3 is 2.18 bits per heavy atom. The SMILES string of the molecule is CC[C@H](C)NC(=O)[C@H](CC)N(Cc1ccc(Cl)cc1)C(=O)Cc1ccccc1. The van der Waals surface area contributed by atoms with Gasteiger partial charge in [0.1, 0.15) is 6.04 Å². The molecule has 150 valence electrons. The number of hydrogen-bond acceptors (Lipinski definition) is 2. The number of benzene rings is 2. The third-order valence-corrected chi connectivity index (χ3v) is 5.10. The van der Waals surface area contributed by atoms with Crippen molar-refractivity contribution in [2.75, 3.05) is 0 Å². The quantitative estimate of drug-likeness (QED) is 0.668. The lowest BCUT2D eigenvalue weighted by molar-refractivity contribution is -0.141. The number of nitrogens with zero attached hydrogens (tertiary/aromatic N) is 1. The molecule has 0 aromatic heterocycles. The molecule has 0 saturated carbocycles. The second kappa shape index (κ2) is 10.9. The van der Waals surface area contributed by atoms with E-state index in [-0.39, 0.29) is 24.3 Å². The second-order valence-corrected chi connectivity index (χ2v) is 7.49. The molecule has 0 bridgehead atoms. The van der Waals surface area contributed by atoms with Crippen LogP contribution >= 0.6 is 11.6 Å². The number of hydrogen-bond donors (Lipinski definition) is 1. The highest BCUT2D eigenvalue weighted by atomic mass is 35.5. The molecule has 4 nitrogen and oxygen atoms in total. The lowest BCUT2D eigenvalue weighted by Gasteiger charge is -2.31. The fourth-order valence-electron chi connectivity index (χ4n) is 3.02. The molecule has 2 atom stereocenters. The van der Waals surface area contributed by atoms with Crippen LogP contribution < -0.4 is 5.32 Å². The number of rotatable bonds is 9. The molecular formula is C23H29ClN2O2. The molecule has 28 heavy (non-hydrogen) atoms. The molecule has 0 fully saturated rings. The summed E-state index contributed by atoms with van der Waals surface area (Å²) in [6.45, 7) is 6.30. The van der Waals surface area contributed by atoms with Crippen LogP contribution in [0.5, 0.6) is 0 Å². The Morgan fingerprint density at radius 1 is 0.964 bits per heavy atom. The number of carbonyl (C=O) groups is 2. The molecule has 0 unspecified atom stereocenters. The smallest absolute Gasteiger partial charge is 0.243 e. The highest BCUT2D eigenvalue weighted by molar-refractivity contribution is 6.30. The van der Waals surface area contributed by atoms with E-state index in [1.165, 1.54) is 0 Å². The molecule has 0 saturated heterocycles. The average molecular weight is 401 g/mol. The van der Waals surface area contributed by atoms with E-state index < -0.39 is 6.04 Å². The summed E-state index contributed by atoms with van der Waals surface area (Å²) >= 11 is 5.99. The maximum atomic E-state index is 13.2. The van der Waals surface area contributed by atoms with Crippen molar-refractivity contribution in [3.05, 3.63) is 70.7 Å². The van der Waals surface area contributed by atoms with Gasteiger partial charge in [-0.1, -0.05) is 67.9 Å². The summed E-state index contributed by atoms with van der Waals surface area (Å²) in [6.07, 6.45) is 1.66. The highest BCUT2D eigenvalue weighted by Gasteiger charge is 2.29. The summed E-state index contributed by atoms with van der Waals surface area (Å²) in [4.78, 5) is 27.7. The zero-order chi connectivity index (χ0) is 20.5. The van der Waals surface area contributed by atoms with Crippen LogP contribution in [0.2, 0.25) is 5.02 Å². The van der Waals surface area contributed by atoms with Gasteiger partial charge in [-0.05, 0) is 43.0 Å². The van der Waals surface area contributed by atoms with Crippen molar-refractivity contribution in [1.82, 2.24) is 10.2 Å². The predicted octanol–water partition coefficient (Wildman–Crippen LogP) is 4.60. The van der Waals surface area contributed by atoms with E-state index in [0.717, 1.165) is 17.5 Å². The zero-order valence-corrected chi connectivity index (χ0v) is 17.6. The summed E-state index contributed by atoms with van der Waals surface area (Å²) in [5.74, 6) is -0.167. The fourth-order valence-corrected chi connectivity index (χ4v) is 3.15. The van der Waals surface area contributed by atoms with E-state index in [4.69, 9.17) is 11.6 Å². The van der Waals surface area contributed by atoms with Crippen LogP contribution in [0.25, 0.3) is 0 Å². The molecule has 0 spiro atoms. The van der Waals surface area contributed by atoms with Gasteiger partial charge >= 0.3 is 0 Å². The Labute approximate surface area is 172 Å². The molecule has 0 radical (unpaired) electrons. The number of carbonyl (C=O) groups excluding carboxylic acids is 2. The minimum Gasteiger partial charge on any atom is -0.352 e. The summed E-state index contributed by atoms with van der Waals surface area (Å²) in [5, 5.41) is 3.67. The summed E-state index contributed by atoms with van der Waals surface area (Å²) < 4.78 is 0. The molecule has 0 aliphatic rings. The molecule has 0 aliphatic carbocycles. The van der Waals surface area contributed by atoms with Crippen molar-refractivity contribution in [1.29, 1.82) is 0 Å². The van der Waals surface area contributed by atoms with E-state index in [9.17, 15) is 9.59 Å². The number of halogens is 1. The monoisotopic (exact) mass is 400 g/mol. The lowest BCUT2D eigenvalue weighted by atomic mass is 10.1. The van der Waals surface area contributed by atoms with Crippen LogP contribution in [0.4, 0.5) is 0 Å². The van der Waals surface area contributed by atoms with Crippen molar-refractivity contribution in [2.24, 2.45) is 0 Å². The Hall–Kier alpha value is -2.33. The Morgan fingerprint density at radius 2 is 1.61 bits per heavy atom. The van der Waals surface area contributed by atoms with Crippen molar-refractivity contribution >= 4 is 23.4 Å². The van der Waals surface area contributed by atoms with E-state index in [2.05, 4.69) is 5.32 Å². The van der Waals surface area contributed by atoms with Crippen LogP contribution in [-0.2, 0) is 22.6 Å². The minimum absolute atomic E-state index is 0.0627. The van der Waals surface area contributed by atoms with Gasteiger partial charge < -0.3 is 10.2 Å². The second-order valence-electron chi connectivity index (χ2n) is 7.05. The molecule has 2 aromatic carbocycles. The molecule has 0 aliphatic heterocycles. The Balaban J connectivity index is 2.25. The molecular weight excluding hydrogens is 372 g/mol. The summed E-state index contributed by atoms with van der Waals surface area (Å²) in [6, 6.07) is 16.6. The number of amides is 2. The first-order chi connectivity index (χ1) is 13.4. The fraction of sp³-hybridized carbons (Fsp3) is 0.391. The lowest BCUT2D eigenvalue weighted by Crippen LogP contribution is -2.51. The molecule has 2 rings (SSSR count). The van der Waals surface area contributed by atoms with Gasteiger partial charge in [0.15, 0.2) is 0 Å². The van der Waals surface area contributed by atoms with Gasteiger partial charge in [0, 0.05) is 17.6 Å². The van der Waals surface area contributed by atoms with Crippen LogP contribution in [0.3, 0.4) is 0 Å². The highest BCUT2D eigenvalue weighted by Crippen LogP contribution is 2.17. The molecule has 5 heteroatoms. The van der Waals surface area contributed by atoms with Gasteiger partial charge in [0.2, 0.25) is 11.8 Å². The topological polar surface area (TPSA) is 49.4 Å². The first kappa shape index (κ1) is 22.0. The average Bonchev–Trinajstić information content (AvgIpc) is 2.69. The maximum absolute atomic E-state index is 13.2. The minimum atomic E-state index is -0.513. The molecule has 2 aromatic rings. The van der Waals surface area contributed by atoms with Gasteiger partial charge in [-0.3, -0.25) is 9.59 Å². The van der Waals surface area contributed by atoms with Crippen molar-refractivity contribution in [3.63, 3.8) is 0 Å². The van der Waals surface area contributed by atoms with Gasteiger partial charge in [-0.2, -0.15) is 0 Å². The first-order valence-corrected chi connectivity index (χ1v) is 10.2. The largest absolute Gasteiger partial charge is 0.352 e. The third kappa shape index (κ3) is 6.38. The Kier molecular flexibility index (Phi) is 8.52.